The highest BCUT2D eigenvalue weighted by Crippen LogP contribution is 2.41. The summed E-state index contributed by atoms with van der Waals surface area (Å²) in [7, 11) is 3.34. The third kappa shape index (κ3) is 4.97. The number of amides is 2. The standard InChI is InChI=1S/C23H30N2O3/c1-27-20-9-5-18(6-10-20)13-16-24-22(26)25-17-23(14-3-4-15-23)19-7-11-21(28-2)12-8-19/h5-12H,3-4,13-17H2,1-2H3,(H2,24,25,26). The maximum atomic E-state index is 12.3. The Morgan fingerprint density at radius 3 is 2.04 bits per heavy atom. The van der Waals surface area contributed by atoms with E-state index in [0.29, 0.717) is 13.1 Å². The minimum absolute atomic E-state index is 0.0274. The molecule has 0 unspecified atom stereocenters. The maximum absolute atomic E-state index is 12.3. The van der Waals surface area contributed by atoms with E-state index in [4.69, 9.17) is 9.47 Å². The summed E-state index contributed by atoms with van der Waals surface area (Å²) in [6, 6.07) is 16.1. The molecule has 2 amide bonds. The zero-order valence-electron chi connectivity index (χ0n) is 16.8. The third-order valence-corrected chi connectivity index (χ3v) is 5.71. The Morgan fingerprint density at radius 1 is 0.893 bits per heavy atom. The Bertz CT molecular complexity index is 750. The van der Waals surface area contributed by atoms with Gasteiger partial charge in [0, 0.05) is 18.5 Å². The van der Waals surface area contributed by atoms with Gasteiger partial charge in [0.2, 0.25) is 0 Å². The molecule has 0 heterocycles. The van der Waals surface area contributed by atoms with Crippen molar-refractivity contribution >= 4 is 6.03 Å². The second-order valence-corrected chi connectivity index (χ2v) is 7.42. The van der Waals surface area contributed by atoms with Crippen LogP contribution in [0.15, 0.2) is 48.5 Å². The van der Waals surface area contributed by atoms with Crippen molar-refractivity contribution in [3.63, 3.8) is 0 Å². The van der Waals surface area contributed by atoms with Gasteiger partial charge in [-0.15, -0.1) is 0 Å². The van der Waals surface area contributed by atoms with E-state index in [1.54, 1.807) is 14.2 Å². The summed E-state index contributed by atoms with van der Waals surface area (Å²) in [5, 5.41) is 6.07. The van der Waals surface area contributed by atoms with Crippen LogP contribution in [-0.4, -0.2) is 33.3 Å². The fourth-order valence-corrected chi connectivity index (χ4v) is 3.99. The molecule has 0 radical (unpaired) electrons. The molecule has 3 rings (SSSR count). The molecule has 2 N–H and O–H groups in total. The molecule has 2 aromatic carbocycles. The van der Waals surface area contributed by atoms with Gasteiger partial charge in [0.15, 0.2) is 0 Å². The predicted octanol–water partition coefficient (Wildman–Crippen LogP) is 4.06. The van der Waals surface area contributed by atoms with Gasteiger partial charge in [0.05, 0.1) is 14.2 Å². The summed E-state index contributed by atoms with van der Waals surface area (Å²) in [5.41, 5.74) is 2.48. The van der Waals surface area contributed by atoms with Crippen molar-refractivity contribution < 1.29 is 14.3 Å². The summed E-state index contributed by atoms with van der Waals surface area (Å²) in [6.07, 6.45) is 5.40. The second kappa shape index (κ2) is 9.49. The average Bonchev–Trinajstić information content (AvgIpc) is 3.23. The number of benzene rings is 2. The van der Waals surface area contributed by atoms with Gasteiger partial charge in [-0.3, -0.25) is 0 Å². The SMILES string of the molecule is COc1ccc(CCNC(=O)NCC2(c3ccc(OC)cc3)CCCC2)cc1. The maximum Gasteiger partial charge on any atom is 0.314 e. The van der Waals surface area contributed by atoms with Gasteiger partial charge in [0.1, 0.15) is 11.5 Å². The van der Waals surface area contributed by atoms with E-state index in [9.17, 15) is 4.79 Å². The molecule has 1 fully saturated rings. The molecule has 5 heteroatoms. The molecule has 1 saturated carbocycles. The molecule has 0 bridgehead atoms. The monoisotopic (exact) mass is 382 g/mol. The molecule has 0 saturated heterocycles. The van der Waals surface area contributed by atoms with E-state index in [-0.39, 0.29) is 11.4 Å². The number of carbonyl (C=O) groups is 1. The first-order chi connectivity index (χ1) is 13.6. The molecule has 150 valence electrons. The summed E-state index contributed by atoms with van der Waals surface area (Å²) in [5.74, 6) is 1.70. The zero-order valence-corrected chi connectivity index (χ0v) is 16.8. The molecule has 5 nitrogen and oxygen atoms in total. The van der Waals surface area contributed by atoms with Crippen molar-refractivity contribution in [3.8, 4) is 11.5 Å². The van der Waals surface area contributed by atoms with Gasteiger partial charge in [-0.05, 0) is 54.7 Å². The number of carbonyl (C=O) groups excluding carboxylic acids is 1. The van der Waals surface area contributed by atoms with Gasteiger partial charge in [-0.25, -0.2) is 4.79 Å². The summed E-state index contributed by atoms with van der Waals surface area (Å²) < 4.78 is 10.4. The lowest BCUT2D eigenvalue weighted by Crippen LogP contribution is -2.44. The first-order valence-corrected chi connectivity index (χ1v) is 9.94. The number of methoxy groups -OCH3 is 2. The quantitative estimate of drug-likeness (QED) is 0.724. The normalized spacial score (nSPS) is 15.1. The molecular formula is C23H30N2O3. The fraction of sp³-hybridized carbons (Fsp3) is 0.435. The van der Waals surface area contributed by atoms with Crippen LogP contribution in [0.4, 0.5) is 4.79 Å². The third-order valence-electron chi connectivity index (χ3n) is 5.71. The number of hydrogen-bond donors (Lipinski definition) is 2. The Labute approximate surface area is 167 Å². The zero-order chi connectivity index (χ0) is 19.8. The molecule has 28 heavy (non-hydrogen) atoms. The number of ether oxygens (including phenoxy) is 2. The van der Waals surface area contributed by atoms with E-state index in [2.05, 4.69) is 22.8 Å². The van der Waals surface area contributed by atoms with Crippen molar-refractivity contribution in [3.05, 3.63) is 59.7 Å². The average molecular weight is 383 g/mol. The van der Waals surface area contributed by atoms with Crippen molar-refractivity contribution in [1.29, 1.82) is 0 Å². The highest BCUT2D eigenvalue weighted by Gasteiger charge is 2.35. The number of nitrogens with one attached hydrogen (secondary N) is 2. The molecule has 0 atom stereocenters. The predicted molar refractivity (Wildman–Crippen MR) is 111 cm³/mol. The van der Waals surface area contributed by atoms with Gasteiger partial charge in [0.25, 0.3) is 0 Å². The van der Waals surface area contributed by atoms with E-state index in [1.807, 2.05) is 36.4 Å². The number of urea groups is 1. The molecular weight excluding hydrogens is 352 g/mol. The lowest BCUT2D eigenvalue weighted by Gasteiger charge is -2.30. The van der Waals surface area contributed by atoms with E-state index >= 15 is 0 Å². The van der Waals surface area contributed by atoms with Crippen LogP contribution in [-0.2, 0) is 11.8 Å². The topological polar surface area (TPSA) is 59.6 Å². The minimum atomic E-state index is -0.103. The Morgan fingerprint density at radius 2 is 1.46 bits per heavy atom. The van der Waals surface area contributed by atoms with Crippen LogP contribution in [0.1, 0.15) is 36.8 Å². The smallest absolute Gasteiger partial charge is 0.314 e. The number of rotatable bonds is 8. The Hall–Kier alpha value is -2.69. The van der Waals surface area contributed by atoms with E-state index in [0.717, 1.165) is 30.8 Å². The highest BCUT2D eigenvalue weighted by molar-refractivity contribution is 5.74. The van der Waals surface area contributed by atoms with Gasteiger partial charge < -0.3 is 20.1 Å². The summed E-state index contributed by atoms with van der Waals surface area (Å²) >= 11 is 0. The first-order valence-electron chi connectivity index (χ1n) is 9.94. The van der Waals surface area contributed by atoms with Crippen molar-refractivity contribution in [2.45, 2.75) is 37.5 Å². The first kappa shape index (κ1) is 20.1. The summed E-state index contributed by atoms with van der Waals surface area (Å²) in [6.45, 7) is 1.27. The molecule has 2 aromatic rings. The van der Waals surface area contributed by atoms with Crippen LogP contribution in [0.2, 0.25) is 0 Å². The van der Waals surface area contributed by atoms with Gasteiger partial charge in [-0.2, -0.15) is 0 Å². The van der Waals surface area contributed by atoms with Gasteiger partial charge >= 0.3 is 6.03 Å². The van der Waals surface area contributed by atoms with Crippen LogP contribution >= 0.6 is 0 Å². The molecule has 1 aliphatic rings. The lowest BCUT2D eigenvalue weighted by molar-refractivity contribution is 0.237. The minimum Gasteiger partial charge on any atom is -0.497 e. The Balaban J connectivity index is 1.49. The second-order valence-electron chi connectivity index (χ2n) is 7.42. The van der Waals surface area contributed by atoms with Crippen molar-refractivity contribution in [1.82, 2.24) is 10.6 Å². The molecule has 0 aromatic heterocycles. The largest absolute Gasteiger partial charge is 0.497 e. The Kier molecular flexibility index (Phi) is 6.80. The van der Waals surface area contributed by atoms with Crippen molar-refractivity contribution in [2.24, 2.45) is 0 Å². The molecule has 1 aliphatic carbocycles. The lowest BCUT2D eigenvalue weighted by atomic mass is 9.79. The van der Waals surface area contributed by atoms with Crippen LogP contribution in [0.25, 0.3) is 0 Å². The summed E-state index contributed by atoms with van der Waals surface area (Å²) in [4.78, 5) is 12.3. The number of hydrogen-bond acceptors (Lipinski definition) is 3. The fourth-order valence-electron chi connectivity index (χ4n) is 3.99. The van der Waals surface area contributed by atoms with Crippen molar-refractivity contribution in [2.75, 3.05) is 27.3 Å². The van der Waals surface area contributed by atoms with Crippen LogP contribution < -0.4 is 20.1 Å². The van der Waals surface area contributed by atoms with E-state index < -0.39 is 0 Å². The van der Waals surface area contributed by atoms with Gasteiger partial charge in [-0.1, -0.05) is 37.1 Å². The van der Waals surface area contributed by atoms with Crippen LogP contribution in [0.5, 0.6) is 11.5 Å². The van der Waals surface area contributed by atoms with E-state index in [1.165, 1.54) is 24.0 Å². The highest BCUT2D eigenvalue weighted by atomic mass is 16.5. The van der Waals surface area contributed by atoms with Crippen LogP contribution in [0.3, 0.4) is 0 Å². The van der Waals surface area contributed by atoms with Crippen LogP contribution in [0, 0.1) is 0 Å². The molecule has 0 aliphatic heterocycles. The molecule has 0 spiro atoms.